The summed E-state index contributed by atoms with van der Waals surface area (Å²) in [6.07, 6.45) is 4.49. The molecule has 9 heteroatoms. The van der Waals surface area contributed by atoms with Crippen LogP contribution >= 0.6 is 0 Å². The molecule has 3 aromatic rings. The molecule has 6 rings (SSSR count). The van der Waals surface area contributed by atoms with Crippen molar-refractivity contribution < 1.29 is 4.48 Å². The fraction of sp³-hybridized carbons (Fsp3) is 0.294. The SMILES string of the molecule is CC1CC1c1cn(-c2nnc3n2C2=CN(F)CN2c2ccccc2-3)nn1. The molecule has 0 spiro atoms. The fourth-order valence-corrected chi connectivity index (χ4v) is 3.81. The quantitative estimate of drug-likeness (QED) is 0.661. The number of fused-ring (bicyclic) bond motifs is 6. The lowest BCUT2D eigenvalue weighted by atomic mass is 10.1. The van der Waals surface area contributed by atoms with Gasteiger partial charge in [-0.25, -0.2) is 4.57 Å². The van der Waals surface area contributed by atoms with Gasteiger partial charge in [0, 0.05) is 11.5 Å². The molecule has 0 radical (unpaired) electrons. The summed E-state index contributed by atoms with van der Waals surface area (Å²) in [7, 11) is 0. The van der Waals surface area contributed by atoms with Crippen LogP contribution in [0.1, 0.15) is 25.0 Å². The highest BCUT2D eigenvalue weighted by molar-refractivity contribution is 5.89. The predicted octanol–water partition coefficient (Wildman–Crippen LogP) is 2.38. The van der Waals surface area contributed by atoms with E-state index in [1.165, 1.54) is 6.20 Å². The van der Waals surface area contributed by atoms with Gasteiger partial charge in [0.2, 0.25) is 0 Å². The van der Waals surface area contributed by atoms with Gasteiger partial charge in [0.05, 0.1) is 23.8 Å². The minimum absolute atomic E-state index is 0.131. The minimum atomic E-state index is 0.131. The summed E-state index contributed by atoms with van der Waals surface area (Å²) in [6.45, 7) is 2.34. The van der Waals surface area contributed by atoms with Crippen molar-refractivity contribution in [2.75, 3.05) is 11.6 Å². The zero-order valence-corrected chi connectivity index (χ0v) is 14.0. The van der Waals surface area contributed by atoms with Crippen LogP contribution in [0.2, 0.25) is 0 Å². The first kappa shape index (κ1) is 14.0. The number of halogens is 1. The lowest BCUT2D eigenvalue weighted by Gasteiger charge is -2.29. The van der Waals surface area contributed by atoms with Gasteiger partial charge < -0.3 is 4.90 Å². The monoisotopic (exact) mass is 350 g/mol. The second-order valence-corrected chi connectivity index (χ2v) is 7.04. The van der Waals surface area contributed by atoms with Gasteiger partial charge in [0.15, 0.2) is 5.82 Å². The van der Waals surface area contributed by atoms with Gasteiger partial charge in [-0.3, -0.25) is 0 Å². The Morgan fingerprint density at radius 1 is 1.15 bits per heavy atom. The van der Waals surface area contributed by atoms with Crippen molar-refractivity contribution in [2.24, 2.45) is 5.92 Å². The van der Waals surface area contributed by atoms with Crippen LogP contribution in [-0.2, 0) is 0 Å². The Hall–Kier alpha value is -3.23. The van der Waals surface area contributed by atoms with Crippen LogP contribution in [0, 0.1) is 5.92 Å². The molecule has 2 atom stereocenters. The second-order valence-electron chi connectivity index (χ2n) is 7.04. The second kappa shape index (κ2) is 4.69. The Bertz CT molecular complexity index is 1070. The molecule has 0 amide bonds. The molecular formula is C17H15FN8. The van der Waals surface area contributed by atoms with Crippen molar-refractivity contribution in [1.82, 2.24) is 34.9 Å². The van der Waals surface area contributed by atoms with Crippen molar-refractivity contribution in [2.45, 2.75) is 19.3 Å². The fourth-order valence-electron chi connectivity index (χ4n) is 3.81. The number of hydrogen-bond acceptors (Lipinski definition) is 6. The van der Waals surface area contributed by atoms with Crippen molar-refractivity contribution >= 4 is 11.5 Å². The van der Waals surface area contributed by atoms with E-state index in [9.17, 15) is 4.48 Å². The summed E-state index contributed by atoms with van der Waals surface area (Å²) in [4.78, 5) is 1.90. The molecule has 1 saturated carbocycles. The maximum Gasteiger partial charge on any atom is 0.259 e. The average Bonchev–Trinajstić information content (AvgIpc) is 3.05. The maximum absolute atomic E-state index is 14.0. The number of anilines is 1. The van der Waals surface area contributed by atoms with Gasteiger partial charge in [-0.2, -0.15) is 9.80 Å². The zero-order chi connectivity index (χ0) is 17.4. The molecule has 2 aromatic heterocycles. The summed E-state index contributed by atoms with van der Waals surface area (Å²) >= 11 is 0. The van der Waals surface area contributed by atoms with Gasteiger partial charge in [-0.1, -0.05) is 28.8 Å². The average molecular weight is 350 g/mol. The molecule has 2 aliphatic heterocycles. The Labute approximate surface area is 148 Å². The van der Waals surface area contributed by atoms with E-state index in [0.29, 0.717) is 34.6 Å². The minimum Gasteiger partial charge on any atom is -0.304 e. The summed E-state index contributed by atoms with van der Waals surface area (Å²) in [6, 6.07) is 7.81. The first-order valence-corrected chi connectivity index (χ1v) is 8.60. The zero-order valence-electron chi connectivity index (χ0n) is 14.0. The molecule has 1 aromatic carbocycles. The Kier molecular flexibility index (Phi) is 2.52. The van der Waals surface area contributed by atoms with Crippen LogP contribution < -0.4 is 4.90 Å². The van der Waals surface area contributed by atoms with Gasteiger partial charge in [0.1, 0.15) is 12.5 Å². The number of benzene rings is 1. The Morgan fingerprint density at radius 2 is 2.00 bits per heavy atom. The van der Waals surface area contributed by atoms with E-state index in [-0.39, 0.29) is 6.67 Å². The van der Waals surface area contributed by atoms with Crippen LogP contribution in [0.5, 0.6) is 0 Å². The number of rotatable bonds is 2. The smallest absolute Gasteiger partial charge is 0.259 e. The van der Waals surface area contributed by atoms with Gasteiger partial charge in [-0.05, 0) is 24.5 Å². The maximum atomic E-state index is 14.0. The lowest BCUT2D eigenvalue weighted by molar-refractivity contribution is 0.104. The normalized spacial score (nSPS) is 22.8. The predicted molar refractivity (Wildman–Crippen MR) is 91.5 cm³/mol. The molecule has 0 N–H and O–H groups in total. The van der Waals surface area contributed by atoms with Crippen LogP contribution in [0.15, 0.2) is 36.7 Å². The van der Waals surface area contributed by atoms with Crippen LogP contribution in [0.4, 0.5) is 10.2 Å². The largest absolute Gasteiger partial charge is 0.304 e. The molecule has 1 aliphatic carbocycles. The third-order valence-electron chi connectivity index (χ3n) is 5.32. The summed E-state index contributed by atoms with van der Waals surface area (Å²) < 4.78 is 17.5. The van der Waals surface area contributed by atoms with E-state index in [1.807, 2.05) is 39.9 Å². The lowest BCUT2D eigenvalue weighted by Crippen LogP contribution is -2.29. The highest BCUT2D eigenvalue weighted by Gasteiger charge is 2.38. The molecule has 0 bridgehead atoms. The van der Waals surface area contributed by atoms with E-state index in [2.05, 4.69) is 27.4 Å². The van der Waals surface area contributed by atoms with Crippen molar-refractivity contribution in [3.63, 3.8) is 0 Å². The van der Waals surface area contributed by atoms with E-state index >= 15 is 0 Å². The summed E-state index contributed by atoms with van der Waals surface area (Å²) in [5.41, 5.74) is 2.79. The Balaban J connectivity index is 1.54. The highest BCUT2D eigenvalue weighted by atomic mass is 19.2. The molecular weight excluding hydrogens is 335 g/mol. The van der Waals surface area contributed by atoms with E-state index in [1.54, 1.807) is 4.68 Å². The number of nitrogens with zero attached hydrogens (tertiary/aromatic N) is 8. The Morgan fingerprint density at radius 3 is 2.85 bits per heavy atom. The summed E-state index contributed by atoms with van der Waals surface area (Å²) in [5, 5.41) is 17.9. The molecule has 1 fully saturated rings. The standard InChI is InChI=1S/C17H15FN8/c1-10-6-12(10)13-7-25(22-19-13)17-21-20-16-11-4-2-3-5-14(11)24-9-23(18)8-15(24)26(16)17/h2-5,7-8,10,12H,6,9H2,1H3. The van der Waals surface area contributed by atoms with Crippen molar-refractivity contribution in [3.8, 4) is 17.3 Å². The number of para-hydroxylation sites is 1. The molecule has 3 aliphatic rings. The first-order chi connectivity index (χ1) is 12.7. The highest BCUT2D eigenvalue weighted by Crippen LogP contribution is 2.46. The third kappa shape index (κ3) is 1.77. The van der Waals surface area contributed by atoms with Gasteiger partial charge >= 0.3 is 0 Å². The molecule has 0 saturated heterocycles. The van der Waals surface area contributed by atoms with Crippen LogP contribution in [0.25, 0.3) is 23.2 Å². The van der Waals surface area contributed by atoms with Crippen LogP contribution in [0.3, 0.4) is 0 Å². The van der Waals surface area contributed by atoms with E-state index < -0.39 is 0 Å². The van der Waals surface area contributed by atoms with Crippen molar-refractivity contribution in [1.29, 1.82) is 0 Å². The number of aromatic nitrogens is 6. The third-order valence-corrected chi connectivity index (χ3v) is 5.32. The van der Waals surface area contributed by atoms with Gasteiger partial charge in [0.25, 0.3) is 5.95 Å². The van der Waals surface area contributed by atoms with Crippen molar-refractivity contribution in [3.05, 3.63) is 42.4 Å². The van der Waals surface area contributed by atoms with Gasteiger partial charge in [-0.15, -0.1) is 15.3 Å². The molecule has 4 heterocycles. The van der Waals surface area contributed by atoms with E-state index in [4.69, 9.17) is 0 Å². The number of hydrogen-bond donors (Lipinski definition) is 0. The van der Waals surface area contributed by atoms with E-state index in [0.717, 1.165) is 23.4 Å². The topological polar surface area (TPSA) is 67.9 Å². The summed E-state index contributed by atoms with van der Waals surface area (Å²) in [5.74, 6) is 2.96. The molecule has 26 heavy (non-hydrogen) atoms. The first-order valence-electron chi connectivity index (χ1n) is 8.60. The van der Waals surface area contributed by atoms with Crippen LogP contribution in [-0.4, -0.2) is 41.5 Å². The molecule has 2 unspecified atom stereocenters. The molecule has 8 nitrogen and oxygen atoms in total. The molecule has 130 valence electrons.